The van der Waals surface area contributed by atoms with Crippen LogP contribution in [0.4, 0.5) is 4.39 Å². The zero-order valence-corrected chi connectivity index (χ0v) is 19.8. The van der Waals surface area contributed by atoms with Crippen molar-refractivity contribution in [2.24, 2.45) is 5.41 Å². The fourth-order valence-corrected chi connectivity index (χ4v) is 3.75. The van der Waals surface area contributed by atoms with Crippen molar-refractivity contribution >= 4 is 22.7 Å². The van der Waals surface area contributed by atoms with Gasteiger partial charge in [0, 0.05) is 24.9 Å². The van der Waals surface area contributed by atoms with E-state index in [0.717, 1.165) is 5.56 Å². The second kappa shape index (κ2) is 10.9. The number of unbranched alkanes of at least 4 members (excludes halogenated alkanes) is 2. The molecule has 34 heavy (non-hydrogen) atoms. The van der Waals surface area contributed by atoms with Crippen molar-refractivity contribution < 1.29 is 14.0 Å². The lowest BCUT2D eigenvalue weighted by Gasteiger charge is -2.30. The molecule has 0 unspecified atom stereocenters. The highest BCUT2D eigenvalue weighted by Crippen LogP contribution is 2.24. The molecule has 7 nitrogen and oxygen atoms in total. The summed E-state index contributed by atoms with van der Waals surface area (Å²) in [6, 6.07) is 15.3. The Hall–Kier alpha value is -3.73. The predicted molar refractivity (Wildman–Crippen MR) is 128 cm³/mol. The van der Waals surface area contributed by atoms with Gasteiger partial charge in [-0.15, -0.1) is 0 Å². The maximum atomic E-state index is 14.6. The van der Waals surface area contributed by atoms with Crippen molar-refractivity contribution in [2.45, 2.75) is 59.2 Å². The van der Waals surface area contributed by atoms with E-state index in [1.807, 2.05) is 51.1 Å². The average Bonchev–Trinajstić information content (AvgIpc) is 3.18. The summed E-state index contributed by atoms with van der Waals surface area (Å²) in [6.45, 7) is 6.32. The van der Waals surface area contributed by atoms with Gasteiger partial charge in [-0.1, -0.05) is 63.2 Å². The number of nitrogens with zero attached hydrogens (tertiary/aromatic N) is 3. The van der Waals surface area contributed by atoms with Crippen LogP contribution in [0.15, 0.2) is 48.5 Å². The van der Waals surface area contributed by atoms with E-state index in [4.69, 9.17) is 5.26 Å². The van der Waals surface area contributed by atoms with E-state index in [2.05, 4.69) is 21.8 Å². The van der Waals surface area contributed by atoms with Crippen molar-refractivity contribution in [1.29, 1.82) is 5.26 Å². The number of aryl methyl sites for hydroxylation is 1. The van der Waals surface area contributed by atoms with Gasteiger partial charge < -0.3 is 10.6 Å². The summed E-state index contributed by atoms with van der Waals surface area (Å²) in [7, 11) is 0. The Labute approximate surface area is 199 Å². The minimum absolute atomic E-state index is 0.0693. The normalized spacial score (nSPS) is 12.2. The van der Waals surface area contributed by atoms with Gasteiger partial charge in [0.05, 0.1) is 6.07 Å². The van der Waals surface area contributed by atoms with Crippen LogP contribution in [0, 0.1) is 22.6 Å². The van der Waals surface area contributed by atoms with Gasteiger partial charge in [-0.2, -0.15) is 10.4 Å². The molecule has 8 heteroatoms. The first kappa shape index (κ1) is 24.9. The Morgan fingerprint density at radius 1 is 1.12 bits per heavy atom. The number of carbonyl (C=O) groups excluding carboxylic acids is 2. The van der Waals surface area contributed by atoms with E-state index in [1.165, 1.54) is 16.8 Å². The third-order valence-corrected chi connectivity index (χ3v) is 5.56. The molecule has 0 aliphatic carbocycles. The number of halogens is 1. The highest BCUT2D eigenvalue weighted by molar-refractivity contribution is 6.06. The molecule has 2 amide bonds. The number of carbonyl (C=O) groups is 2. The first-order chi connectivity index (χ1) is 16.2. The van der Waals surface area contributed by atoms with Crippen LogP contribution in [0.25, 0.3) is 10.9 Å². The molecule has 0 spiro atoms. The number of aromatic nitrogens is 2. The summed E-state index contributed by atoms with van der Waals surface area (Å²) in [5.41, 5.74) is 0.689. The third kappa shape index (κ3) is 5.98. The molecule has 178 valence electrons. The van der Waals surface area contributed by atoms with Crippen molar-refractivity contribution in [3.05, 3.63) is 65.6 Å². The van der Waals surface area contributed by atoms with Crippen molar-refractivity contribution in [2.75, 3.05) is 0 Å². The molecule has 0 saturated heterocycles. The topological polar surface area (TPSA) is 99.8 Å². The van der Waals surface area contributed by atoms with Gasteiger partial charge in [-0.25, -0.2) is 4.39 Å². The van der Waals surface area contributed by atoms with Gasteiger partial charge in [0.25, 0.3) is 5.91 Å². The summed E-state index contributed by atoms with van der Waals surface area (Å²) in [5.74, 6) is -1.32. The van der Waals surface area contributed by atoms with E-state index in [-0.39, 0.29) is 17.1 Å². The molecule has 3 aromatic rings. The van der Waals surface area contributed by atoms with E-state index in [0.29, 0.717) is 37.7 Å². The van der Waals surface area contributed by atoms with E-state index < -0.39 is 23.2 Å². The van der Waals surface area contributed by atoms with Gasteiger partial charge in [-0.05, 0) is 29.9 Å². The molecule has 2 N–H and O–H groups in total. The Morgan fingerprint density at radius 2 is 1.85 bits per heavy atom. The smallest absolute Gasteiger partial charge is 0.273 e. The molecule has 0 aliphatic rings. The van der Waals surface area contributed by atoms with Crippen LogP contribution in [0.3, 0.4) is 0 Å². The lowest BCUT2D eigenvalue weighted by atomic mass is 9.86. The largest absolute Gasteiger partial charge is 0.350 e. The molecule has 2 aromatic carbocycles. The quantitative estimate of drug-likeness (QED) is 0.461. The molecule has 1 atom stereocenters. The number of nitriles is 1. The predicted octanol–water partition coefficient (Wildman–Crippen LogP) is 4.33. The van der Waals surface area contributed by atoms with Crippen LogP contribution in [0.1, 0.15) is 56.1 Å². The minimum Gasteiger partial charge on any atom is -0.350 e. The fraction of sp³-hybridized carbons (Fsp3) is 0.385. The molecule has 1 aromatic heterocycles. The summed E-state index contributed by atoms with van der Waals surface area (Å²) in [5, 5.41) is 19.2. The minimum atomic E-state index is -0.826. The monoisotopic (exact) mass is 463 g/mol. The number of para-hydroxylation sites is 1. The third-order valence-electron chi connectivity index (χ3n) is 5.56. The number of rotatable bonds is 9. The number of amides is 2. The lowest BCUT2D eigenvalue weighted by molar-refractivity contribution is -0.125. The second-order valence-electron chi connectivity index (χ2n) is 9.30. The average molecular weight is 464 g/mol. The van der Waals surface area contributed by atoms with Crippen LogP contribution in [-0.4, -0.2) is 27.6 Å². The molecule has 3 rings (SSSR count). The highest BCUT2D eigenvalue weighted by atomic mass is 19.1. The lowest BCUT2D eigenvalue weighted by Crippen LogP contribution is -2.53. The molecule has 1 heterocycles. The Morgan fingerprint density at radius 3 is 2.53 bits per heavy atom. The van der Waals surface area contributed by atoms with Gasteiger partial charge in [0.1, 0.15) is 17.4 Å². The molecule has 0 saturated carbocycles. The van der Waals surface area contributed by atoms with Crippen LogP contribution < -0.4 is 10.6 Å². The first-order valence-electron chi connectivity index (χ1n) is 11.4. The van der Waals surface area contributed by atoms with Gasteiger partial charge >= 0.3 is 0 Å². The van der Waals surface area contributed by atoms with Crippen LogP contribution in [-0.2, 0) is 17.9 Å². The Kier molecular flexibility index (Phi) is 8.00. The molecule has 0 bridgehead atoms. The van der Waals surface area contributed by atoms with E-state index in [1.54, 1.807) is 6.07 Å². The van der Waals surface area contributed by atoms with E-state index in [9.17, 15) is 14.0 Å². The van der Waals surface area contributed by atoms with E-state index >= 15 is 0 Å². The zero-order valence-electron chi connectivity index (χ0n) is 19.8. The summed E-state index contributed by atoms with van der Waals surface area (Å²) in [6.07, 6.45) is 1.69. The Bertz CT molecular complexity index is 1190. The van der Waals surface area contributed by atoms with Crippen molar-refractivity contribution in [3.8, 4) is 6.07 Å². The molecule has 0 radical (unpaired) electrons. The Balaban J connectivity index is 1.82. The molecule has 0 aliphatic heterocycles. The van der Waals surface area contributed by atoms with Crippen molar-refractivity contribution in [3.63, 3.8) is 0 Å². The van der Waals surface area contributed by atoms with Gasteiger partial charge in [0.15, 0.2) is 5.69 Å². The molecule has 0 fully saturated rings. The van der Waals surface area contributed by atoms with Crippen LogP contribution in [0.5, 0.6) is 0 Å². The number of hydrogen-bond donors (Lipinski definition) is 2. The maximum Gasteiger partial charge on any atom is 0.273 e. The van der Waals surface area contributed by atoms with Gasteiger partial charge in [-0.3, -0.25) is 14.3 Å². The number of hydrogen-bond acceptors (Lipinski definition) is 4. The van der Waals surface area contributed by atoms with Crippen LogP contribution in [0.2, 0.25) is 0 Å². The standard InChI is InChI=1S/C26H30FN5O2/c1-26(2,3)23(25(34)29-17-18-11-6-4-7-12-18)30-24(33)21-19-13-10-14-20(27)22(19)32(31-21)16-9-5-8-15-28/h4,6-7,10-14,23H,5,8-9,16-17H2,1-3H3,(H,29,34)(H,30,33)/t23-/m1/s1. The number of benzene rings is 2. The molecular formula is C26H30FN5O2. The number of nitrogens with one attached hydrogen (secondary N) is 2. The highest BCUT2D eigenvalue weighted by Gasteiger charge is 2.34. The summed E-state index contributed by atoms with van der Waals surface area (Å²) < 4.78 is 16.1. The van der Waals surface area contributed by atoms with Gasteiger partial charge in [0.2, 0.25) is 5.91 Å². The van der Waals surface area contributed by atoms with Crippen LogP contribution >= 0.6 is 0 Å². The SMILES string of the molecule is CC(C)(C)[C@H](NC(=O)c1nn(CCCCC#N)c2c(F)cccc12)C(=O)NCc1ccccc1. The summed E-state index contributed by atoms with van der Waals surface area (Å²) in [4.78, 5) is 26.3. The second-order valence-corrected chi connectivity index (χ2v) is 9.30. The summed E-state index contributed by atoms with van der Waals surface area (Å²) >= 11 is 0. The number of fused-ring (bicyclic) bond motifs is 1. The fourth-order valence-electron chi connectivity index (χ4n) is 3.75. The van der Waals surface area contributed by atoms with Crippen molar-refractivity contribution in [1.82, 2.24) is 20.4 Å². The zero-order chi connectivity index (χ0) is 24.7. The maximum absolute atomic E-state index is 14.6. The molecular weight excluding hydrogens is 433 g/mol. The first-order valence-corrected chi connectivity index (χ1v) is 11.4.